The van der Waals surface area contributed by atoms with E-state index in [1.165, 1.54) is 11.1 Å². The molecule has 18 aromatic rings. The zero-order valence-electron chi connectivity index (χ0n) is 73.7. The summed E-state index contributed by atoms with van der Waals surface area (Å²) in [4.78, 5) is 20.6. The van der Waals surface area contributed by atoms with Crippen molar-refractivity contribution in [1.29, 1.82) is 0 Å². The van der Waals surface area contributed by atoms with Gasteiger partial charge < -0.3 is 18.9 Å². The average Bonchev–Trinajstić information content (AvgIpc) is 0.710. The van der Waals surface area contributed by atoms with Gasteiger partial charge in [0, 0.05) is 72.2 Å². The topological polar surface area (TPSA) is 55.0 Å². The van der Waals surface area contributed by atoms with Crippen LogP contribution in [0, 0.1) is 0 Å². The normalized spacial score (nSPS) is 14.3. The minimum absolute atomic E-state index is 0.0488. The van der Waals surface area contributed by atoms with Gasteiger partial charge in [-0.25, -0.2) is 15.0 Å². The van der Waals surface area contributed by atoms with E-state index in [9.17, 15) is 16.4 Å². The minimum Gasteiger partial charge on any atom is -0.311 e. The maximum Gasteiger partial charge on any atom is 0.252 e. The van der Waals surface area contributed by atoms with Crippen molar-refractivity contribution in [1.82, 2.24) is 24.1 Å². The highest BCUT2D eigenvalue weighted by Gasteiger charge is 2.45. The van der Waals surface area contributed by atoms with E-state index in [0.717, 1.165) is 88.6 Å². The molecule has 0 amide bonds. The Bertz CT molecular complexity index is 7220. The van der Waals surface area contributed by atoms with Gasteiger partial charge >= 0.3 is 0 Å². The molecule has 7 nitrogen and oxygen atoms in total. The molecule has 0 spiro atoms. The van der Waals surface area contributed by atoms with Gasteiger partial charge in [0.1, 0.15) is 0 Å². The van der Waals surface area contributed by atoms with Crippen LogP contribution in [-0.4, -0.2) is 30.8 Å². The summed E-state index contributed by atoms with van der Waals surface area (Å²) in [6.07, 6.45) is 0. The summed E-state index contributed by atoms with van der Waals surface area (Å²) in [6.45, 7) is 12.6. The monoisotopic (exact) mass is 1410 g/mol. The lowest BCUT2D eigenvalue weighted by Crippen LogP contribution is -2.61. The number of para-hydroxylation sites is 2. The van der Waals surface area contributed by atoms with Crippen molar-refractivity contribution in [3.8, 4) is 90.0 Å². The molecular weight excluding hydrogens is 1320 g/mol. The number of aromatic nitrogens is 5. The quantitative estimate of drug-likeness (QED) is 0.121. The van der Waals surface area contributed by atoms with Crippen molar-refractivity contribution in [3.05, 3.63) is 363 Å². The number of nitrogens with zero attached hydrogens (tertiary/aromatic N) is 7. The fourth-order valence-corrected chi connectivity index (χ4v) is 16.3. The van der Waals surface area contributed by atoms with Crippen molar-refractivity contribution in [3.63, 3.8) is 0 Å². The van der Waals surface area contributed by atoms with Gasteiger partial charge in [-0.2, -0.15) is 0 Å². The molecule has 5 heterocycles. The highest BCUT2D eigenvalue weighted by molar-refractivity contribution is 7.00. The molecule has 0 saturated heterocycles. The molecule has 0 radical (unpaired) electrons. The highest BCUT2D eigenvalue weighted by atomic mass is 15.2. The van der Waals surface area contributed by atoms with Crippen LogP contribution >= 0.6 is 0 Å². The zero-order chi connectivity index (χ0) is 84.5. The van der Waals surface area contributed by atoms with Crippen LogP contribution in [0.25, 0.3) is 134 Å². The molecule has 0 bridgehead atoms. The van der Waals surface area contributed by atoms with E-state index >= 15 is 0 Å². The van der Waals surface area contributed by atoms with Crippen LogP contribution in [-0.2, 0) is 10.8 Å². The molecule has 0 fully saturated rings. The van der Waals surface area contributed by atoms with E-state index in [-0.39, 0.29) is 55.3 Å². The summed E-state index contributed by atoms with van der Waals surface area (Å²) in [5, 5.41) is 1.93. The highest BCUT2D eigenvalue weighted by Crippen LogP contribution is 2.52. The Morgan fingerprint density at radius 2 is 0.679 bits per heavy atom. The van der Waals surface area contributed by atoms with Crippen molar-refractivity contribution < 1.29 is 17.8 Å². The van der Waals surface area contributed by atoms with E-state index in [1.54, 1.807) is 4.57 Å². The van der Waals surface area contributed by atoms with Crippen LogP contribution < -0.4 is 26.2 Å². The molecule has 15 aromatic carbocycles. The number of anilines is 6. The SMILES string of the molecule is [2H]c1c([2H])c([2H])c(-c2ccc3c(c2)N(c2ccc(-c4ccccc4)cc2-c2nc(-c4ccccc4)nc(-c4ccccc4)n2)c2cc(-n4c5c([2H])c([2H])c([2H])c([2H])c5c5c([2H])c([2H])c([2H])c([2H])c54)cc4c2B3c2ccc(-n3c5ccc(C(C)(C)C)cc5c5cc(C(C)(C)C)ccc53)cc2N4c2ccc(-c3ccccc3)cc2-c2ccccc2)c([2H])c1[2H]. The lowest BCUT2D eigenvalue weighted by molar-refractivity contribution is 0.590. The van der Waals surface area contributed by atoms with E-state index in [0.29, 0.717) is 51.1 Å². The van der Waals surface area contributed by atoms with Gasteiger partial charge in [0.2, 0.25) is 0 Å². The lowest BCUT2D eigenvalue weighted by atomic mass is 9.33. The molecule has 0 unspecified atom stereocenters. The molecule has 3 aromatic heterocycles. The molecule has 20 rings (SSSR count). The van der Waals surface area contributed by atoms with Crippen LogP contribution in [0.5, 0.6) is 0 Å². The Hall–Kier alpha value is -13.4. The van der Waals surface area contributed by atoms with Gasteiger partial charge in [-0.1, -0.05) is 302 Å². The summed E-state index contributed by atoms with van der Waals surface area (Å²) in [7, 11) is 0. The van der Waals surface area contributed by atoms with Crippen LogP contribution in [0.1, 0.15) is 70.5 Å². The second-order valence-corrected chi connectivity index (χ2v) is 30.2. The fraction of sp³-hybridized carbons (Fsp3) is 0.0792. The number of hydrogen-bond donors (Lipinski definition) is 0. The van der Waals surface area contributed by atoms with Crippen LogP contribution in [0.4, 0.5) is 34.1 Å². The fourth-order valence-electron chi connectivity index (χ4n) is 16.3. The molecule has 0 N–H and O–H groups in total. The second kappa shape index (κ2) is 25.7. The molecule has 2 aliphatic heterocycles. The largest absolute Gasteiger partial charge is 0.311 e. The van der Waals surface area contributed by atoms with E-state index in [4.69, 9.17) is 16.3 Å². The van der Waals surface area contributed by atoms with Gasteiger partial charge in [0.25, 0.3) is 6.71 Å². The van der Waals surface area contributed by atoms with E-state index in [1.807, 2.05) is 170 Å². The Morgan fingerprint density at radius 1 is 0.275 bits per heavy atom. The third kappa shape index (κ3) is 11.1. The molecule has 0 saturated carbocycles. The maximum absolute atomic E-state index is 10.2. The molecule has 2 aliphatic rings. The summed E-state index contributed by atoms with van der Waals surface area (Å²) < 4.78 is 129. The minimum atomic E-state index is -0.772. The third-order valence-corrected chi connectivity index (χ3v) is 21.6. The van der Waals surface area contributed by atoms with Crippen LogP contribution in [0.3, 0.4) is 0 Å². The van der Waals surface area contributed by atoms with E-state index in [2.05, 4.69) is 159 Å². The first-order chi connectivity index (χ1) is 58.7. The summed E-state index contributed by atoms with van der Waals surface area (Å²) >= 11 is 0. The molecule has 0 atom stereocenters. The van der Waals surface area contributed by atoms with Crippen molar-refractivity contribution >= 4 is 101 Å². The van der Waals surface area contributed by atoms with Gasteiger partial charge in [-0.05, 0) is 168 Å². The third-order valence-electron chi connectivity index (χ3n) is 21.6. The predicted octanol–water partition coefficient (Wildman–Crippen LogP) is 24.4. The first-order valence-corrected chi connectivity index (χ1v) is 36.8. The Kier molecular flexibility index (Phi) is 12.4. The van der Waals surface area contributed by atoms with Crippen molar-refractivity contribution in [2.24, 2.45) is 0 Å². The van der Waals surface area contributed by atoms with Gasteiger partial charge in [0.05, 0.1) is 56.9 Å². The van der Waals surface area contributed by atoms with Crippen molar-refractivity contribution in [2.45, 2.75) is 52.4 Å². The zero-order valence-corrected chi connectivity index (χ0v) is 60.7. The van der Waals surface area contributed by atoms with Gasteiger partial charge in [0.15, 0.2) is 17.5 Å². The molecule has 8 heteroatoms. The number of hydrogen-bond acceptors (Lipinski definition) is 5. The first kappa shape index (κ1) is 52.5. The standard InChI is InChI=1S/C101H76BN7/c1-100(2,3)74-48-55-89-81(60-74)82-61-75(101(4,5)6)49-56-90(82)106(89)76-50-52-85-93(62-76)108(88-53-46-71(65-29-13-7-14-30-65)57-80(88)68-35-19-10-20-36-68)94-63-77(107-86-43-27-25-41-78(86)79-42-26-28-44-87(79)107)64-95-96(94)102(85)84-51-45-73(67-33-17-9-18-34-67)59-92(84)109(95)91-54-47-72(66-31-15-8-16-32-66)58-83(91)99-104-97(69-37-21-11-22-38-69)103-98(105-99)70-39-23-12-24-40-70/h7-64H,1-6H3/i9D,17D,18D,25D,26D,27D,28D,33D,34D,41D,42D,43D,44D. The number of rotatable bonds is 11. The summed E-state index contributed by atoms with van der Waals surface area (Å²) in [5.74, 6) is 1.00. The number of fused-ring (bicyclic) bond motifs is 10. The Labute approximate surface area is 654 Å². The second-order valence-electron chi connectivity index (χ2n) is 30.2. The maximum atomic E-state index is 10.2. The van der Waals surface area contributed by atoms with Crippen molar-refractivity contribution in [2.75, 3.05) is 9.80 Å². The Balaban J connectivity index is 0.993. The first-order valence-electron chi connectivity index (χ1n) is 43.3. The van der Waals surface area contributed by atoms with Crippen LogP contribution in [0.15, 0.2) is 352 Å². The molecule has 109 heavy (non-hydrogen) atoms. The molecule has 518 valence electrons. The Morgan fingerprint density at radius 3 is 1.19 bits per heavy atom. The average molecular weight is 1410 g/mol. The van der Waals surface area contributed by atoms with Gasteiger partial charge in [-0.3, -0.25) is 0 Å². The molecular formula is C101H76BN7. The lowest BCUT2D eigenvalue weighted by Gasteiger charge is -2.45. The molecule has 0 aliphatic carbocycles. The van der Waals surface area contributed by atoms with Gasteiger partial charge in [-0.15, -0.1) is 0 Å². The summed E-state index contributed by atoms with van der Waals surface area (Å²) in [5.41, 5.74) is 17.9. The van der Waals surface area contributed by atoms with E-state index < -0.39 is 85.3 Å². The smallest absolute Gasteiger partial charge is 0.252 e. The number of benzene rings is 15. The predicted molar refractivity (Wildman–Crippen MR) is 458 cm³/mol. The van der Waals surface area contributed by atoms with Crippen LogP contribution in [0.2, 0.25) is 0 Å². The summed E-state index contributed by atoms with van der Waals surface area (Å²) in [6, 6.07) is 85.3.